The lowest BCUT2D eigenvalue weighted by molar-refractivity contribution is -0.386. The van der Waals surface area contributed by atoms with Gasteiger partial charge in [0.05, 0.1) is 12.0 Å². The predicted molar refractivity (Wildman–Crippen MR) is 87.8 cm³/mol. The van der Waals surface area contributed by atoms with Crippen molar-refractivity contribution in [3.05, 3.63) is 34.0 Å². The van der Waals surface area contributed by atoms with E-state index >= 15 is 0 Å². The SMILES string of the molecule is COc1ncc(C2=CCCN(C(=O)OC(C)(C)C)C2)cc1[N+](=O)[O-]. The van der Waals surface area contributed by atoms with Crippen LogP contribution in [0.5, 0.6) is 5.88 Å². The molecule has 24 heavy (non-hydrogen) atoms. The number of hydrogen-bond donors (Lipinski definition) is 0. The number of pyridine rings is 1. The molecular formula is C16H21N3O5. The molecule has 0 saturated heterocycles. The number of hydrogen-bond acceptors (Lipinski definition) is 6. The van der Waals surface area contributed by atoms with Crippen LogP contribution in [0.2, 0.25) is 0 Å². The van der Waals surface area contributed by atoms with Crippen molar-refractivity contribution in [2.24, 2.45) is 0 Å². The number of nitrogens with zero attached hydrogens (tertiary/aromatic N) is 3. The summed E-state index contributed by atoms with van der Waals surface area (Å²) in [5.41, 5.74) is 0.616. The number of methoxy groups -OCH3 is 1. The molecule has 1 aliphatic rings. The van der Waals surface area contributed by atoms with Crippen LogP contribution in [0.3, 0.4) is 0 Å². The quantitative estimate of drug-likeness (QED) is 0.622. The van der Waals surface area contributed by atoms with E-state index in [-0.39, 0.29) is 11.6 Å². The number of aromatic nitrogens is 1. The molecule has 0 spiro atoms. The summed E-state index contributed by atoms with van der Waals surface area (Å²) in [5, 5.41) is 11.1. The number of amides is 1. The summed E-state index contributed by atoms with van der Waals surface area (Å²) in [6, 6.07) is 1.41. The van der Waals surface area contributed by atoms with Gasteiger partial charge in [-0.05, 0) is 32.8 Å². The molecule has 1 amide bonds. The number of nitro groups is 1. The summed E-state index contributed by atoms with van der Waals surface area (Å²) in [5.74, 6) is -0.0378. The standard InChI is InChI=1S/C16H21N3O5/c1-16(2,3)24-15(20)18-7-5-6-11(10-18)12-8-13(19(21)22)14(23-4)17-9-12/h6,8-9H,5,7,10H2,1-4H3. The Labute approximate surface area is 140 Å². The summed E-state index contributed by atoms with van der Waals surface area (Å²) < 4.78 is 10.3. The average molecular weight is 335 g/mol. The molecule has 0 unspecified atom stereocenters. The average Bonchev–Trinajstić information content (AvgIpc) is 2.52. The molecule has 2 heterocycles. The Morgan fingerprint density at radius 3 is 2.71 bits per heavy atom. The van der Waals surface area contributed by atoms with Crippen LogP contribution >= 0.6 is 0 Å². The van der Waals surface area contributed by atoms with E-state index in [4.69, 9.17) is 9.47 Å². The van der Waals surface area contributed by atoms with Crippen molar-refractivity contribution >= 4 is 17.4 Å². The number of carbonyl (C=O) groups excluding carboxylic acids is 1. The molecule has 8 heteroatoms. The molecule has 0 aromatic carbocycles. The molecule has 0 saturated carbocycles. The fourth-order valence-electron chi connectivity index (χ4n) is 2.34. The van der Waals surface area contributed by atoms with Crippen LogP contribution in [0.15, 0.2) is 18.3 Å². The first-order chi connectivity index (χ1) is 11.2. The van der Waals surface area contributed by atoms with Crippen LogP contribution < -0.4 is 4.74 Å². The third-order valence-electron chi connectivity index (χ3n) is 3.40. The topological polar surface area (TPSA) is 94.8 Å². The van der Waals surface area contributed by atoms with Gasteiger partial charge in [0.2, 0.25) is 0 Å². The minimum absolute atomic E-state index is 0.0378. The highest BCUT2D eigenvalue weighted by atomic mass is 16.6. The van der Waals surface area contributed by atoms with Crippen molar-refractivity contribution in [3.8, 4) is 5.88 Å². The van der Waals surface area contributed by atoms with Crippen LogP contribution in [0.4, 0.5) is 10.5 Å². The maximum absolute atomic E-state index is 12.2. The van der Waals surface area contributed by atoms with Crippen molar-refractivity contribution in [1.29, 1.82) is 0 Å². The van der Waals surface area contributed by atoms with Crippen molar-refractivity contribution in [1.82, 2.24) is 9.88 Å². The molecule has 1 aromatic heterocycles. The molecule has 0 atom stereocenters. The predicted octanol–water partition coefficient (Wildman–Crippen LogP) is 3.02. The van der Waals surface area contributed by atoms with Gasteiger partial charge in [-0.1, -0.05) is 6.08 Å². The zero-order valence-corrected chi connectivity index (χ0v) is 14.2. The van der Waals surface area contributed by atoms with Crippen LogP contribution in [0, 0.1) is 10.1 Å². The first-order valence-corrected chi connectivity index (χ1v) is 7.57. The molecule has 1 aromatic rings. The van der Waals surface area contributed by atoms with Crippen molar-refractivity contribution in [2.45, 2.75) is 32.8 Å². The van der Waals surface area contributed by atoms with Crippen molar-refractivity contribution in [2.75, 3.05) is 20.2 Å². The number of rotatable bonds is 3. The van der Waals surface area contributed by atoms with Gasteiger partial charge in [-0.2, -0.15) is 0 Å². The summed E-state index contributed by atoms with van der Waals surface area (Å²) >= 11 is 0. The van der Waals surface area contributed by atoms with Crippen LogP contribution in [0.25, 0.3) is 5.57 Å². The first kappa shape index (κ1) is 17.7. The molecule has 1 aliphatic heterocycles. The third kappa shape index (κ3) is 4.21. The minimum atomic E-state index is -0.571. The van der Waals surface area contributed by atoms with Gasteiger partial charge in [-0.15, -0.1) is 0 Å². The van der Waals surface area contributed by atoms with Gasteiger partial charge in [0.25, 0.3) is 5.88 Å². The molecule has 130 valence electrons. The van der Waals surface area contributed by atoms with E-state index < -0.39 is 16.6 Å². The number of ether oxygens (including phenoxy) is 2. The molecular weight excluding hydrogens is 314 g/mol. The smallest absolute Gasteiger partial charge is 0.410 e. The largest absolute Gasteiger partial charge is 0.476 e. The number of carbonyl (C=O) groups is 1. The van der Waals surface area contributed by atoms with Crippen LogP contribution in [-0.2, 0) is 4.74 Å². The lowest BCUT2D eigenvalue weighted by atomic mass is 10.0. The van der Waals surface area contributed by atoms with Gasteiger partial charge in [-0.3, -0.25) is 10.1 Å². The highest BCUT2D eigenvalue weighted by molar-refractivity contribution is 5.76. The van der Waals surface area contributed by atoms with E-state index in [2.05, 4.69) is 4.98 Å². The Morgan fingerprint density at radius 1 is 1.42 bits per heavy atom. The van der Waals surface area contributed by atoms with Gasteiger partial charge in [0.15, 0.2) is 0 Å². The fourth-order valence-corrected chi connectivity index (χ4v) is 2.34. The van der Waals surface area contributed by atoms with Crippen molar-refractivity contribution in [3.63, 3.8) is 0 Å². The maximum Gasteiger partial charge on any atom is 0.410 e. The normalized spacial score (nSPS) is 14.8. The van der Waals surface area contributed by atoms with E-state index in [0.29, 0.717) is 25.1 Å². The van der Waals surface area contributed by atoms with E-state index in [9.17, 15) is 14.9 Å². The van der Waals surface area contributed by atoms with E-state index in [0.717, 1.165) is 5.57 Å². The third-order valence-corrected chi connectivity index (χ3v) is 3.40. The van der Waals surface area contributed by atoms with E-state index in [1.165, 1.54) is 19.4 Å². The Hall–Kier alpha value is -2.64. The van der Waals surface area contributed by atoms with Gasteiger partial charge in [0.1, 0.15) is 5.60 Å². The van der Waals surface area contributed by atoms with Gasteiger partial charge in [0, 0.05) is 30.9 Å². The summed E-state index contributed by atoms with van der Waals surface area (Å²) in [4.78, 5) is 28.4. The molecule has 2 rings (SSSR count). The fraction of sp³-hybridized carbons (Fsp3) is 0.500. The van der Waals surface area contributed by atoms with Crippen molar-refractivity contribution < 1.29 is 19.2 Å². The highest BCUT2D eigenvalue weighted by Crippen LogP contribution is 2.29. The minimum Gasteiger partial charge on any atom is -0.476 e. The van der Waals surface area contributed by atoms with Crippen LogP contribution in [-0.4, -0.2) is 46.7 Å². The zero-order valence-electron chi connectivity index (χ0n) is 14.2. The van der Waals surface area contributed by atoms with Gasteiger partial charge in [-0.25, -0.2) is 9.78 Å². The molecule has 0 bridgehead atoms. The summed E-state index contributed by atoms with van der Waals surface area (Å²) in [6.45, 7) is 6.29. The summed E-state index contributed by atoms with van der Waals surface area (Å²) in [6.07, 6.45) is 3.71. The Balaban J connectivity index is 2.21. The maximum atomic E-state index is 12.2. The monoisotopic (exact) mass is 335 g/mol. The molecule has 8 nitrogen and oxygen atoms in total. The second-order valence-corrected chi connectivity index (χ2v) is 6.43. The van der Waals surface area contributed by atoms with Crippen LogP contribution in [0.1, 0.15) is 32.8 Å². The molecule has 0 aliphatic carbocycles. The second-order valence-electron chi connectivity index (χ2n) is 6.43. The van der Waals surface area contributed by atoms with Gasteiger partial charge >= 0.3 is 11.8 Å². The molecule has 0 fully saturated rings. The second kappa shape index (κ2) is 6.86. The van der Waals surface area contributed by atoms with E-state index in [1.807, 2.05) is 26.8 Å². The Morgan fingerprint density at radius 2 is 2.12 bits per heavy atom. The molecule has 0 N–H and O–H groups in total. The first-order valence-electron chi connectivity index (χ1n) is 7.57. The summed E-state index contributed by atoms with van der Waals surface area (Å²) in [7, 11) is 1.33. The Kier molecular flexibility index (Phi) is 5.06. The van der Waals surface area contributed by atoms with E-state index in [1.54, 1.807) is 4.90 Å². The Bertz CT molecular complexity index is 679. The highest BCUT2D eigenvalue weighted by Gasteiger charge is 2.26. The lowest BCUT2D eigenvalue weighted by Crippen LogP contribution is -2.39. The molecule has 0 radical (unpaired) electrons. The van der Waals surface area contributed by atoms with Gasteiger partial charge < -0.3 is 14.4 Å². The zero-order chi connectivity index (χ0) is 17.9. The lowest BCUT2D eigenvalue weighted by Gasteiger charge is -2.30.